The number of aliphatic hydroxyl groups excluding tert-OH is 1. The number of aliphatic hydroxyl groups is 1. The molecule has 0 aliphatic heterocycles. The zero-order valence-corrected chi connectivity index (χ0v) is 10.9. The molecule has 0 aliphatic carbocycles. The Balaban J connectivity index is 4.20. The van der Waals surface area contributed by atoms with Crippen LogP contribution in [0.2, 0.25) is 0 Å². The average molecular weight is 231 g/mol. The number of carbonyl (C=O) groups excluding carboxylic acids is 1. The third kappa shape index (κ3) is 6.08. The molecule has 96 valence electrons. The lowest BCUT2D eigenvalue weighted by molar-refractivity contribution is -0.134. The van der Waals surface area contributed by atoms with E-state index in [0.29, 0.717) is 26.0 Å². The van der Waals surface area contributed by atoms with Crippen LogP contribution in [-0.2, 0) is 9.53 Å². The van der Waals surface area contributed by atoms with Gasteiger partial charge in [-0.2, -0.15) is 0 Å². The highest BCUT2D eigenvalue weighted by Crippen LogP contribution is 2.08. The van der Waals surface area contributed by atoms with E-state index in [1.54, 1.807) is 14.0 Å². The summed E-state index contributed by atoms with van der Waals surface area (Å²) in [5, 5.41) is 9.16. The predicted molar refractivity (Wildman–Crippen MR) is 64.3 cm³/mol. The second-order valence-electron chi connectivity index (χ2n) is 4.22. The van der Waals surface area contributed by atoms with Crippen molar-refractivity contribution in [2.24, 2.45) is 0 Å². The van der Waals surface area contributed by atoms with Crippen molar-refractivity contribution in [1.29, 1.82) is 0 Å². The Morgan fingerprint density at radius 1 is 1.44 bits per heavy atom. The molecule has 0 aromatic heterocycles. The van der Waals surface area contributed by atoms with E-state index >= 15 is 0 Å². The molecule has 0 aromatic carbocycles. The van der Waals surface area contributed by atoms with Crippen LogP contribution in [0.25, 0.3) is 0 Å². The lowest BCUT2D eigenvalue weighted by Gasteiger charge is -2.28. The third-order valence-electron chi connectivity index (χ3n) is 2.76. The van der Waals surface area contributed by atoms with E-state index in [1.807, 2.05) is 11.8 Å². The summed E-state index contributed by atoms with van der Waals surface area (Å²) in [5.74, 6) is 0.104. The molecule has 16 heavy (non-hydrogen) atoms. The monoisotopic (exact) mass is 231 g/mol. The van der Waals surface area contributed by atoms with E-state index in [9.17, 15) is 4.79 Å². The van der Waals surface area contributed by atoms with E-state index in [1.165, 1.54) is 0 Å². The van der Waals surface area contributed by atoms with Gasteiger partial charge >= 0.3 is 0 Å². The Morgan fingerprint density at radius 3 is 2.50 bits per heavy atom. The van der Waals surface area contributed by atoms with Crippen molar-refractivity contribution in [2.45, 2.75) is 52.2 Å². The van der Waals surface area contributed by atoms with Crippen molar-refractivity contribution in [3.05, 3.63) is 0 Å². The van der Waals surface area contributed by atoms with Crippen molar-refractivity contribution < 1.29 is 14.6 Å². The first-order valence-electron chi connectivity index (χ1n) is 5.99. The summed E-state index contributed by atoms with van der Waals surface area (Å²) >= 11 is 0. The Labute approximate surface area is 98.6 Å². The molecular weight excluding hydrogens is 206 g/mol. The third-order valence-corrected chi connectivity index (χ3v) is 2.76. The topological polar surface area (TPSA) is 49.8 Å². The van der Waals surface area contributed by atoms with Gasteiger partial charge in [-0.05, 0) is 26.7 Å². The van der Waals surface area contributed by atoms with Crippen LogP contribution in [0.15, 0.2) is 0 Å². The minimum absolute atomic E-state index is 0.104. The molecule has 0 spiro atoms. The summed E-state index contributed by atoms with van der Waals surface area (Å²) in [5.41, 5.74) is 0. The fourth-order valence-electron chi connectivity index (χ4n) is 1.48. The summed E-state index contributed by atoms with van der Waals surface area (Å²) in [7, 11) is 1.63. The lowest BCUT2D eigenvalue weighted by Crippen LogP contribution is -2.40. The molecule has 2 unspecified atom stereocenters. The molecule has 0 bridgehead atoms. The van der Waals surface area contributed by atoms with Crippen molar-refractivity contribution in [3.8, 4) is 0 Å². The Hall–Kier alpha value is -0.610. The van der Waals surface area contributed by atoms with Gasteiger partial charge in [0.25, 0.3) is 0 Å². The van der Waals surface area contributed by atoms with Gasteiger partial charge in [-0.3, -0.25) is 4.79 Å². The van der Waals surface area contributed by atoms with Crippen LogP contribution in [0.5, 0.6) is 0 Å². The standard InChI is InChI=1S/C12H25NO3/c1-5-10(2)13(8-9-16-4)12(15)7-6-11(3)14/h10-11,14H,5-9H2,1-4H3. The number of rotatable bonds is 8. The van der Waals surface area contributed by atoms with E-state index in [0.717, 1.165) is 6.42 Å². The maximum absolute atomic E-state index is 11.9. The maximum atomic E-state index is 11.9. The van der Waals surface area contributed by atoms with Crippen molar-refractivity contribution in [1.82, 2.24) is 4.90 Å². The number of hydrogen-bond acceptors (Lipinski definition) is 3. The van der Waals surface area contributed by atoms with Crippen molar-refractivity contribution >= 4 is 5.91 Å². The molecule has 1 N–H and O–H groups in total. The molecule has 0 rings (SSSR count). The first-order chi connectivity index (χ1) is 7.52. The highest BCUT2D eigenvalue weighted by Gasteiger charge is 2.18. The van der Waals surface area contributed by atoms with Gasteiger partial charge in [0.05, 0.1) is 12.7 Å². The van der Waals surface area contributed by atoms with Gasteiger partial charge in [0, 0.05) is 26.1 Å². The van der Waals surface area contributed by atoms with Gasteiger partial charge in [0.15, 0.2) is 0 Å². The molecule has 0 saturated heterocycles. The molecule has 0 radical (unpaired) electrons. The van der Waals surface area contributed by atoms with Gasteiger partial charge in [-0.25, -0.2) is 0 Å². The molecule has 1 amide bonds. The fourth-order valence-corrected chi connectivity index (χ4v) is 1.48. The van der Waals surface area contributed by atoms with Crippen LogP contribution in [-0.4, -0.2) is 48.3 Å². The Kier molecular flexibility index (Phi) is 8.21. The van der Waals surface area contributed by atoms with Gasteiger partial charge < -0.3 is 14.7 Å². The van der Waals surface area contributed by atoms with Gasteiger partial charge in [0.1, 0.15) is 0 Å². The van der Waals surface area contributed by atoms with Crippen LogP contribution in [0.1, 0.15) is 40.0 Å². The molecule has 0 fully saturated rings. The van der Waals surface area contributed by atoms with E-state index in [-0.39, 0.29) is 11.9 Å². The quantitative estimate of drug-likeness (QED) is 0.687. The summed E-state index contributed by atoms with van der Waals surface area (Å²) in [6.07, 6.45) is 1.46. The molecule has 0 aromatic rings. The first-order valence-corrected chi connectivity index (χ1v) is 5.99. The summed E-state index contributed by atoms with van der Waals surface area (Å²) < 4.78 is 5.00. The van der Waals surface area contributed by atoms with E-state index in [4.69, 9.17) is 9.84 Å². The smallest absolute Gasteiger partial charge is 0.222 e. The SMILES string of the molecule is CCC(C)N(CCOC)C(=O)CCC(C)O. The Bertz CT molecular complexity index is 195. The zero-order valence-electron chi connectivity index (χ0n) is 10.9. The molecular formula is C12H25NO3. The van der Waals surface area contributed by atoms with Gasteiger partial charge in [0.2, 0.25) is 5.91 Å². The van der Waals surface area contributed by atoms with Crippen LogP contribution in [0.4, 0.5) is 0 Å². The Morgan fingerprint density at radius 2 is 2.06 bits per heavy atom. The second-order valence-corrected chi connectivity index (χ2v) is 4.22. The summed E-state index contributed by atoms with van der Waals surface area (Å²) in [6.45, 7) is 6.99. The van der Waals surface area contributed by atoms with Crippen molar-refractivity contribution in [3.63, 3.8) is 0 Å². The maximum Gasteiger partial charge on any atom is 0.222 e. The zero-order chi connectivity index (χ0) is 12.6. The largest absolute Gasteiger partial charge is 0.393 e. The molecule has 2 atom stereocenters. The van der Waals surface area contributed by atoms with E-state index < -0.39 is 6.10 Å². The molecule has 0 aliphatic rings. The van der Waals surface area contributed by atoms with Crippen LogP contribution in [0.3, 0.4) is 0 Å². The predicted octanol–water partition coefficient (Wildman–Crippen LogP) is 1.42. The number of ether oxygens (including phenoxy) is 1. The normalized spacial score (nSPS) is 14.6. The lowest BCUT2D eigenvalue weighted by atomic mass is 10.1. The summed E-state index contributed by atoms with van der Waals surface area (Å²) in [6, 6.07) is 0.233. The van der Waals surface area contributed by atoms with Gasteiger partial charge in [-0.1, -0.05) is 6.92 Å². The highest BCUT2D eigenvalue weighted by molar-refractivity contribution is 5.76. The minimum atomic E-state index is -0.412. The first kappa shape index (κ1) is 15.4. The molecule has 4 heteroatoms. The van der Waals surface area contributed by atoms with Crippen LogP contribution >= 0.6 is 0 Å². The molecule has 0 heterocycles. The number of hydrogen-bond donors (Lipinski definition) is 1. The average Bonchev–Trinajstić information content (AvgIpc) is 2.26. The van der Waals surface area contributed by atoms with Gasteiger partial charge in [-0.15, -0.1) is 0 Å². The van der Waals surface area contributed by atoms with Crippen LogP contribution in [0, 0.1) is 0 Å². The summed E-state index contributed by atoms with van der Waals surface area (Å²) in [4.78, 5) is 13.8. The number of methoxy groups -OCH3 is 1. The van der Waals surface area contributed by atoms with Crippen LogP contribution < -0.4 is 0 Å². The molecule has 0 saturated carbocycles. The van der Waals surface area contributed by atoms with E-state index in [2.05, 4.69) is 6.92 Å². The number of nitrogens with zero attached hydrogens (tertiary/aromatic N) is 1. The van der Waals surface area contributed by atoms with Crippen molar-refractivity contribution in [2.75, 3.05) is 20.3 Å². The fraction of sp³-hybridized carbons (Fsp3) is 0.917. The molecule has 4 nitrogen and oxygen atoms in total. The highest BCUT2D eigenvalue weighted by atomic mass is 16.5. The number of amides is 1. The second kappa shape index (κ2) is 8.53. The number of carbonyl (C=O) groups is 1. The minimum Gasteiger partial charge on any atom is -0.393 e.